The van der Waals surface area contributed by atoms with Crippen molar-refractivity contribution in [2.45, 2.75) is 0 Å². The summed E-state index contributed by atoms with van der Waals surface area (Å²) in [5.74, 6) is -0.471. The van der Waals surface area contributed by atoms with Gasteiger partial charge in [0.1, 0.15) is 0 Å². The Morgan fingerprint density at radius 2 is 2.20 bits per heavy atom. The summed E-state index contributed by atoms with van der Waals surface area (Å²) < 4.78 is 5.96. The van der Waals surface area contributed by atoms with Crippen LogP contribution in [0.5, 0.6) is 0 Å². The summed E-state index contributed by atoms with van der Waals surface area (Å²) in [5, 5.41) is 12.0. The number of hydrogen-bond donors (Lipinski definition) is 2. The van der Waals surface area contributed by atoms with E-state index in [1.165, 1.54) is 6.07 Å². The van der Waals surface area contributed by atoms with Crippen LogP contribution >= 0.6 is 15.9 Å². The Morgan fingerprint density at radius 1 is 1.53 bits per heavy atom. The van der Waals surface area contributed by atoms with E-state index in [4.69, 9.17) is 9.52 Å². The highest BCUT2D eigenvalue weighted by molar-refractivity contribution is 9.10. The van der Waals surface area contributed by atoms with Gasteiger partial charge in [-0.15, -0.1) is 0 Å². The minimum atomic E-state index is -1.04. The Kier molecular flexibility index (Phi) is 2.97. The Morgan fingerprint density at radius 3 is 2.73 bits per heavy atom. The minimum Gasteiger partial charge on any atom is -0.475 e. The van der Waals surface area contributed by atoms with Gasteiger partial charge < -0.3 is 19.7 Å². The molecule has 0 unspecified atom stereocenters. The van der Waals surface area contributed by atoms with E-state index in [0.29, 0.717) is 10.4 Å². The summed E-state index contributed by atoms with van der Waals surface area (Å²) in [7, 11) is 0. The van der Waals surface area contributed by atoms with Crippen LogP contribution in [-0.2, 0) is 0 Å². The van der Waals surface area contributed by atoms with Gasteiger partial charge in [-0.25, -0.2) is 4.79 Å². The molecule has 1 aromatic heterocycles. The molecule has 2 heterocycles. The topological polar surface area (TPSA) is 65.7 Å². The first-order valence-electron chi connectivity index (χ1n) is 4.67. The van der Waals surface area contributed by atoms with Crippen LogP contribution in [0, 0.1) is 0 Å². The van der Waals surface area contributed by atoms with Gasteiger partial charge in [0.2, 0.25) is 11.6 Å². The van der Waals surface area contributed by atoms with Gasteiger partial charge in [0.25, 0.3) is 0 Å². The van der Waals surface area contributed by atoms with E-state index in [0.717, 1.165) is 26.2 Å². The molecular weight excluding hydrogens is 264 g/mol. The SMILES string of the molecule is O=C(O)c1cc(Br)c(N2CCNCC2)o1. The average Bonchev–Trinajstić information content (AvgIpc) is 2.62. The van der Waals surface area contributed by atoms with Crippen molar-refractivity contribution >= 4 is 27.8 Å². The number of nitrogens with zero attached hydrogens (tertiary/aromatic N) is 1. The number of rotatable bonds is 2. The quantitative estimate of drug-likeness (QED) is 0.847. The maximum absolute atomic E-state index is 10.7. The second kappa shape index (κ2) is 4.24. The third-order valence-corrected chi connectivity index (χ3v) is 2.85. The van der Waals surface area contributed by atoms with Gasteiger partial charge in [0, 0.05) is 32.2 Å². The first-order chi connectivity index (χ1) is 7.18. The van der Waals surface area contributed by atoms with Crippen LogP contribution < -0.4 is 10.2 Å². The molecule has 0 aliphatic carbocycles. The molecule has 0 spiro atoms. The first kappa shape index (κ1) is 10.5. The van der Waals surface area contributed by atoms with Crippen LogP contribution in [0.25, 0.3) is 0 Å². The summed E-state index contributed by atoms with van der Waals surface area (Å²) >= 11 is 3.30. The van der Waals surface area contributed by atoms with Crippen LogP contribution in [0.4, 0.5) is 5.88 Å². The van der Waals surface area contributed by atoms with Gasteiger partial charge in [-0.2, -0.15) is 0 Å². The molecule has 2 N–H and O–H groups in total. The van der Waals surface area contributed by atoms with E-state index in [2.05, 4.69) is 21.2 Å². The molecule has 1 aromatic rings. The number of carboxylic acid groups (broad SMARTS) is 1. The number of anilines is 1. The number of carbonyl (C=O) groups is 1. The Bertz CT molecular complexity index is 371. The second-order valence-corrected chi connectivity index (χ2v) is 4.16. The van der Waals surface area contributed by atoms with Crippen molar-refractivity contribution in [1.82, 2.24) is 5.32 Å². The predicted molar refractivity (Wildman–Crippen MR) is 58.5 cm³/mol. The molecule has 0 radical (unpaired) electrons. The third-order valence-electron chi connectivity index (χ3n) is 2.28. The standard InChI is InChI=1S/C9H11BrN2O3/c10-6-5-7(9(13)14)15-8(6)12-3-1-11-2-4-12/h5,11H,1-4H2,(H,13,14). The van der Waals surface area contributed by atoms with Crippen molar-refractivity contribution in [2.24, 2.45) is 0 Å². The Labute approximate surface area is 95.2 Å². The van der Waals surface area contributed by atoms with E-state index in [9.17, 15) is 4.79 Å². The molecule has 1 saturated heterocycles. The maximum Gasteiger partial charge on any atom is 0.371 e. The summed E-state index contributed by atoms with van der Waals surface area (Å²) in [5.41, 5.74) is 0. The molecule has 1 aliphatic heterocycles. The number of furan rings is 1. The van der Waals surface area contributed by atoms with Gasteiger partial charge in [-0.1, -0.05) is 0 Å². The van der Waals surface area contributed by atoms with Crippen molar-refractivity contribution in [2.75, 3.05) is 31.1 Å². The van der Waals surface area contributed by atoms with Gasteiger partial charge in [0.05, 0.1) is 4.47 Å². The largest absolute Gasteiger partial charge is 0.475 e. The number of nitrogens with one attached hydrogen (secondary N) is 1. The zero-order chi connectivity index (χ0) is 10.8. The van der Waals surface area contributed by atoms with E-state index in [1.807, 2.05) is 4.90 Å². The molecule has 15 heavy (non-hydrogen) atoms. The Balaban J connectivity index is 2.22. The number of carboxylic acids is 1. The smallest absolute Gasteiger partial charge is 0.371 e. The number of hydrogen-bond acceptors (Lipinski definition) is 4. The fourth-order valence-corrected chi connectivity index (χ4v) is 2.09. The summed E-state index contributed by atoms with van der Waals surface area (Å²) in [6, 6.07) is 1.49. The summed E-state index contributed by atoms with van der Waals surface area (Å²) in [6.07, 6.45) is 0. The van der Waals surface area contributed by atoms with Crippen LogP contribution in [-0.4, -0.2) is 37.3 Å². The maximum atomic E-state index is 10.7. The lowest BCUT2D eigenvalue weighted by Gasteiger charge is -2.27. The van der Waals surface area contributed by atoms with Crippen molar-refractivity contribution < 1.29 is 14.3 Å². The molecule has 1 aliphatic rings. The highest BCUT2D eigenvalue weighted by Crippen LogP contribution is 2.30. The van der Waals surface area contributed by atoms with E-state index >= 15 is 0 Å². The minimum absolute atomic E-state index is 0.0320. The molecule has 6 heteroatoms. The van der Waals surface area contributed by atoms with Gasteiger partial charge in [0.15, 0.2) is 0 Å². The van der Waals surface area contributed by atoms with Crippen molar-refractivity contribution in [1.29, 1.82) is 0 Å². The van der Waals surface area contributed by atoms with Crippen LogP contribution in [0.1, 0.15) is 10.6 Å². The first-order valence-corrected chi connectivity index (χ1v) is 5.46. The van der Waals surface area contributed by atoms with Crippen molar-refractivity contribution in [3.63, 3.8) is 0 Å². The normalized spacial score (nSPS) is 16.7. The zero-order valence-corrected chi connectivity index (χ0v) is 9.58. The monoisotopic (exact) mass is 274 g/mol. The highest BCUT2D eigenvalue weighted by Gasteiger charge is 2.20. The van der Waals surface area contributed by atoms with Gasteiger partial charge in [-0.3, -0.25) is 0 Å². The van der Waals surface area contributed by atoms with Crippen molar-refractivity contribution in [3.05, 3.63) is 16.3 Å². The van der Waals surface area contributed by atoms with E-state index < -0.39 is 5.97 Å². The zero-order valence-electron chi connectivity index (χ0n) is 7.99. The Hall–Kier alpha value is -1.01. The molecule has 5 nitrogen and oxygen atoms in total. The van der Waals surface area contributed by atoms with Crippen LogP contribution in [0.3, 0.4) is 0 Å². The molecule has 82 valence electrons. The summed E-state index contributed by atoms with van der Waals surface area (Å²) in [6.45, 7) is 3.42. The molecular formula is C9H11BrN2O3. The van der Waals surface area contributed by atoms with Crippen LogP contribution in [0.2, 0.25) is 0 Å². The number of aromatic carboxylic acids is 1. The van der Waals surface area contributed by atoms with Crippen molar-refractivity contribution in [3.8, 4) is 0 Å². The van der Waals surface area contributed by atoms with E-state index in [-0.39, 0.29) is 5.76 Å². The fraction of sp³-hybridized carbons (Fsp3) is 0.444. The molecule has 0 aromatic carbocycles. The lowest BCUT2D eigenvalue weighted by molar-refractivity contribution is 0.0663. The number of halogens is 1. The average molecular weight is 275 g/mol. The van der Waals surface area contributed by atoms with Gasteiger partial charge >= 0.3 is 5.97 Å². The fourth-order valence-electron chi connectivity index (χ4n) is 1.55. The lowest BCUT2D eigenvalue weighted by Crippen LogP contribution is -2.43. The molecule has 0 saturated carbocycles. The third kappa shape index (κ3) is 2.15. The molecule has 1 fully saturated rings. The number of piperazine rings is 1. The molecule has 0 bridgehead atoms. The lowest BCUT2D eigenvalue weighted by atomic mass is 10.3. The summed E-state index contributed by atoms with van der Waals surface area (Å²) in [4.78, 5) is 12.7. The molecule has 0 amide bonds. The van der Waals surface area contributed by atoms with Gasteiger partial charge in [-0.05, 0) is 15.9 Å². The van der Waals surface area contributed by atoms with Crippen LogP contribution in [0.15, 0.2) is 15.0 Å². The molecule has 0 atom stereocenters. The highest BCUT2D eigenvalue weighted by atomic mass is 79.9. The second-order valence-electron chi connectivity index (χ2n) is 3.31. The predicted octanol–water partition coefficient (Wildman–Crippen LogP) is 1.15. The van der Waals surface area contributed by atoms with E-state index in [1.54, 1.807) is 0 Å². The molecule has 2 rings (SSSR count).